The highest BCUT2D eigenvalue weighted by Gasteiger charge is 2.17. The zero-order valence-corrected chi connectivity index (χ0v) is 16.5. The van der Waals surface area contributed by atoms with Gasteiger partial charge in [-0.25, -0.2) is 0 Å². The second-order valence-electron chi connectivity index (χ2n) is 6.19. The quantitative estimate of drug-likeness (QED) is 0.627. The molecule has 2 heterocycles. The first-order chi connectivity index (χ1) is 12.9. The number of rotatable bonds is 7. The van der Waals surface area contributed by atoms with Gasteiger partial charge in [0.05, 0.1) is 27.4 Å². The molecule has 0 aliphatic rings. The van der Waals surface area contributed by atoms with E-state index < -0.39 is 5.97 Å². The fraction of sp³-hybridized carbons (Fsp3) is 0.316. The molecule has 1 N–H and O–H groups in total. The van der Waals surface area contributed by atoms with Crippen LogP contribution in [-0.4, -0.2) is 20.6 Å². The van der Waals surface area contributed by atoms with Gasteiger partial charge >= 0.3 is 10.8 Å². The van der Waals surface area contributed by atoms with Gasteiger partial charge in [-0.05, 0) is 31.0 Å². The minimum atomic E-state index is -0.955. The number of aromatic nitrogens is 2. The smallest absolute Gasteiger partial charge is 0.308 e. The average Bonchev–Trinajstić information content (AvgIpc) is 2.93. The Morgan fingerprint density at radius 2 is 2.19 bits per heavy atom. The molecule has 3 rings (SSSR count). The number of hydrogen-bond acceptors (Lipinski definition) is 5. The predicted octanol–water partition coefficient (Wildman–Crippen LogP) is 4.42. The molecule has 0 aliphatic carbocycles. The maximum atomic E-state index is 12.2. The number of aryl methyl sites for hydroxylation is 2. The van der Waals surface area contributed by atoms with E-state index in [-0.39, 0.29) is 23.9 Å². The van der Waals surface area contributed by atoms with Crippen molar-refractivity contribution in [3.63, 3.8) is 0 Å². The summed E-state index contributed by atoms with van der Waals surface area (Å²) in [4.78, 5) is 27.2. The Labute approximate surface area is 165 Å². The molecule has 8 heteroatoms. The fourth-order valence-corrected chi connectivity index (χ4v) is 3.88. The number of fused-ring (bicyclic) bond motifs is 1. The average molecular weight is 407 g/mol. The van der Waals surface area contributed by atoms with E-state index in [1.165, 1.54) is 4.57 Å². The zero-order chi connectivity index (χ0) is 19.6. The van der Waals surface area contributed by atoms with Crippen molar-refractivity contribution in [3.8, 4) is 5.75 Å². The SMILES string of the molecule is CC[C@H](Oc1cc2sc(=O)n(CCC(=O)O)c2cc1Cl)c1ccc(C)cn1. The minimum Gasteiger partial charge on any atom is -0.483 e. The molecule has 0 amide bonds. The van der Waals surface area contributed by atoms with Gasteiger partial charge in [0, 0.05) is 18.8 Å². The molecule has 27 heavy (non-hydrogen) atoms. The minimum absolute atomic E-state index is 0.107. The van der Waals surface area contributed by atoms with Gasteiger partial charge in [-0.2, -0.15) is 0 Å². The van der Waals surface area contributed by atoms with Crippen LogP contribution in [0.3, 0.4) is 0 Å². The maximum absolute atomic E-state index is 12.2. The highest BCUT2D eigenvalue weighted by molar-refractivity contribution is 7.16. The Hall–Kier alpha value is -2.38. The van der Waals surface area contributed by atoms with Crippen molar-refractivity contribution < 1.29 is 14.6 Å². The summed E-state index contributed by atoms with van der Waals surface area (Å²) >= 11 is 7.43. The van der Waals surface area contributed by atoms with Crippen molar-refractivity contribution in [2.75, 3.05) is 0 Å². The molecule has 1 atom stereocenters. The lowest BCUT2D eigenvalue weighted by Gasteiger charge is -2.18. The molecule has 0 aliphatic heterocycles. The van der Waals surface area contributed by atoms with Crippen LogP contribution in [0.5, 0.6) is 5.75 Å². The lowest BCUT2D eigenvalue weighted by atomic mass is 10.1. The van der Waals surface area contributed by atoms with Gasteiger partial charge in [-0.15, -0.1) is 0 Å². The number of aliphatic carboxylic acids is 1. The van der Waals surface area contributed by atoms with E-state index in [9.17, 15) is 9.59 Å². The number of thiazole rings is 1. The molecule has 0 saturated heterocycles. The summed E-state index contributed by atoms with van der Waals surface area (Å²) in [6.07, 6.45) is 2.12. The summed E-state index contributed by atoms with van der Waals surface area (Å²) in [5.41, 5.74) is 2.50. The Kier molecular flexibility index (Phi) is 5.82. The number of hydrogen-bond donors (Lipinski definition) is 1. The van der Waals surface area contributed by atoms with Crippen molar-refractivity contribution in [2.45, 2.75) is 39.3 Å². The normalized spacial score (nSPS) is 12.3. The van der Waals surface area contributed by atoms with Gasteiger partial charge in [0.25, 0.3) is 0 Å². The second kappa shape index (κ2) is 8.10. The highest BCUT2D eigenvalue weighted by atomic mass is 35.5. The predicted molar refractivity (Wildman–Crippen MR) is 106 cm³/mol. The van der Waals surface area contributed by atoms with Crippen LogP contribution in [0.4, 0.5) is 0 Å². The standard InChI is InChI=1S/C19H19ClN2O4S/c1-3-15(13-5-4-11(2)10-21-13)26-16-9-17-14(8-12(16)20)22(19(25)27-17)7-6-18(23)24/h4-5,8-10,15H,3,6-7H2,1-2H3,(H,23,24)/t15-/m0/s1. The number of carboxylic acid groups (broad SMARTS) is 1. The molecule has 0 unspecified atom stereocenters. The van der Waals surface area contributed by atoms with E-state index in [1.807, 2.05) is 26.0 Å². The molecule has 0 fully saturated rings. The van der Waals surface area contributed by atoms with Crippen LogP contribution in [0.1, 0.15) is 37.1 Å². The van der Waals surface area contributed by atoms with E-state index in [1.54, 1.807) is 18.3 Å². The van der Waals surface area contributed by atoms with Crippen LogP contribution in [0.25, 0.3) is 10.2 Å². The third-order valence-electron chi connectivity index (χ3n) is 4.18. The first-order valence-electron chi connectivity index (χ1n) is 8.53. The summed E-state index contributed by atoms with van der Waals surface area (Å²) in [6, 6.07) is 7.29. The number of nitrogens with zero attached hydrogens (tertiary/aromatic N) is 2. The lowest BCUT2D eigenvalue weighted by Crippen LogP contribution is -2.15. The zero-order valence-electron chi connectivity index (χ0n) is 14.9. The number of ether oxygens (including phenoxy) is 1. The van der Waals surface area contributed by atoms with Gasteiger partial charge in [0.2, 0.25) is 0 Å². The number of carboxylic acids is 1. The number of benzene rings is 1. The van der Waals surface area contributed by atoms with Gasteiger partial charge in [0.15, 0.2) is 0 Å². The molecule has 0 saturated carbocycles. The summed E-state index contributed by atoms with van der Waals surface area (Å²) in [7, 11) is 0. The number of carbonyl (C=O) groups is 1. The molecule has 0 spiro atoms. The van der Waals surface area contributed by atoms with Gasteiger partial charge < -0.3 is 9.84 Å². The van der Waals surface area contributed by atoms with Crippen LogP contribution in [0, 0.1) is 6.92 Å². The maximum Gasteiger partial charge on any atom is 0.308 e. The summed E-state index contributed by atoms with van der Waals surface area (Å²) in [5.74, 6) is -0.478. The van der Waals surface area contributed by atoms with Gasteiger partial charge in [-0.1, -0.05) is 35.9 Å². The largest absolute Gasteiger partial charge is 0.483 e. The molecule has 0 radical (unpaired) electrons. The van der Waals surface area contributed by atoms with Crippen molar-refractivity contribution in [1.82, 2.24) is 9.55 Å². The highest BCUT2D eigenvalue weighted by Crippen LogP contribution is 2.35. The molecule has 3 aromatic rings. The molecule has 0 bridgehead atoms. The molecule has 6 nitrogen and oxygen atoms in total. The van der Waals surface area contributed by atoms with Crippen molar-refractivity contribution in [2.24, 2.45) is 0 Å². The Bertz CT molecular complexity index is 1030. The van der Waals surface area contributed by atoms with Gasteiger partial charge in [-0.3, -0.25) is 19.1 Å². The number of halogens is 1. The van der Waals surface area contributed by atoms with Crippen LogP contribution in [0.15, 0.2) is 35.3 Å². The van der Waals surface area contributed by atoms with Crippen LogP contribution < -0.4 is 9.61 Å². The van der Waals surface area contributed by atoms with E-state index in [2.05, 4.69) is 4.98 Å². The Morgan fingerprint density at radius 3 is 2.81 bits per heavy atom. The summed E-state index contributed by atoms with van der Waals surface area (Å²) in [6.45, 7) is 4.08. The monoisotopic (exact) mass is 406 g/mol. The molecule has 142 valence electrons. The van der Waals surface area contributed by atoms with Crippen molar-refractivity contribution in [1.29, 1.82) is 0 Å². The van der Waals surface area contributed by atoms with E-state index in [4.69, 9.17) is 21.4 Å². The Balaban J connectivity index is 1.93. The van der Waals surface area contributed by atoms with Gasteiger partial charge in [0.1, 0.15) is 11.9 Å². The Morgan fingerprint density at radius 1 is 1.41 bits per heavy atom. The lowest BCUT2D eigenvalue weighted by molar-refractivity contribution is -0.137. The van der Waals surface area contributed by atoms with E-state index >= 15 is 0 Å². The third-order valence-corrected chi connectivity index (χ3v) is 5.41. The second-order valence-corrected chi connectivity index (χ2v) is 7.59. The molecular formula is C19H19ClN2O4S. The number of pyridine rings is 1. The van der Waals surface area contributed by atoms with Crippen LogP contribution in [0.2, 0.25) is 5.02 Å². The summed E-state index contributed by atoms with van der Waals surface area (Å²) in [5, 5.41) is 9.23. The first kappa shape index (κ1) is 19.4. The van der Waals surface area contributed by atoms with Crippen LogP contribution >= 0.6 is 22.9 Å². The van der Waals surface area contributed by atoms with E-state index in [0.29, 0.717) is 27.4 Å². The van der Waals surface area contributed by atoms with Crippen molar-refractivity contribution in [3.05, 3.63) is 56.4 Å². The van der Waals surface area contributed by atoms with Crippen LogP contribution in [-0.2, 0) is 11.3 Å². The molecule has 2 aromatic heterocycles. The van der Waals surface area contributed by atoms with Crippen molar-refractivity contribution >= 4 is 39.1 Å². The van der Waals surface area contributed by atoms with E-state index in [0.717, 1.165) is 22.6 Å². The molecule has 1 aromatic carbocycles. The summed E-state index contributed by atoms with van der Waals surface area (Å²) < 4.78 is 8.22. The topological polar surface area (TPSA) is 81.4 Å². The fourth-order valence-electron chi connectivity index (χ4n) is 2.75. The first-order valence-corrected chi connectivity index (χ1v) is 9.72. The third kappa shape index (κ3) is 4.31. The molecular weight excluding hydrogens is 388 g/mol.